The molecule has 4 fully saturated rings. The summed E-state index contributed by atoms with van der Waals surface area (Å²) in [7, 11) is 0. The molecule has 0 radical (unpaired) electrons. The second kappa shape index (κ2) is 15.9. The fourth-order valence-corrected chi connectivity index (χ4v) is 9.01. The van der Waals surface area contributed by atoms with Crippen molar-refractivity contribution in [1.82, 2.24) is 0 Å². The number of hydrogen-bond donors (Lipinski definition) is 3. The van der Waals surface area contributed by atoms with E-state index < -0.39 is 115 Å². The third-order valence-corrected chi connectivity index (χ3v) is 12.1. The summed E-state index contributed by atoms with van der Waals surface area (Å²) in [6.07, 6.45) is -3.79. The van der Waals surface area contributed by atoms with Crippen LogP contribution < -0.4 is 0 Å². The number of aromatic hydroxyl groups is 2. The van der Waals surface area contributed by atoms with E-state index in [1.807, 2.05) is 0 Å². The molecular weight excluding hydrogens is 772 g/mol. The highest BCUT2D eigenvalue weighted by molar-refractivity contribution is 6.30. The Morgan fingerprint density at radius 3 is 2.22 bits per heavy atom. The van der Waals surface area contributed by atoms with Crippen LogP contribution in [0.15, 0.2) is 36.4 Å². The third kappa shape index (κ3) is 7.88. The van der Waals surface area contributed by atoms with Crippen molar-refractivity contribution < 1.29 is 77.2 Å². The minimum Gasteiger partial charge on any atom is -0.507 e. The zero-order valence-corrected chi connectivity index (χ0v) is 33.3. The first kappa shape index (κ1) is 41.3. The van der Waals surface area contributed by atoms with Crippen molar-refractivity contribution >= 4 is 29.1 Å². The highest BCUT2D eigenvalue weighted by Crippen LogP contribution is 2.46. The second-order valence-electron chi connectivity index (χ2n) is 16.5. The van der Waals surface area contributed by atoms with Crippen molar-refractivity contribution in [3.63, 3.8) is 0 Å². The van der Waals surface area contributed by atoms with E-state index in [9.17, 15) is 39.3 Å². The monoisotopic (exact) mass is 820 g/mol. The number of Topliss-reactive ketones (excluding diaryl/α,β-unsaturated/α-hetero) is 1. The van der Waals surface area contributed by atoms with E-state index in [1.54, 1.807) is 40.7 Å². The van der Waals surface area contributed by atoms with Crippen LogP contribution in [0.2, 0.25) is 0 Å². The van der Waals surface area contributed by atoms with E-state index >= 15 is 0 Å². The van der Waals surface area contributed by atoms with E-state index in [2.05, 4.69) is 0 Å². The first-order chi connectivity index (χ1) is 28.0. The van der Waals surface area contributed by atoms with Crippen LogP contribution in [0, 0.1) is 0 Å². The number of hydrogen-bond acceptors (Lipinski definition) is 15. The summed E-state index contributed by atoms with van der Waals surface area (Å²) in [6.45, 7) is 8.46. The van der Waals surface area contributed by atoms with Crippen LogP contribution in [0.4, 0.5) is 0 Å². The first-order valence-corrected chi connectivity index (χ1v) is 20.0. The zero-order chi connectivity index (χ0) is 42.1. The van der Waals surface area contributed by atoms with Gasteiger partial charge in [-0.15, -0.1) is 0 Å². The Balaban J connectivity index is 0.978. The van der Waals surface area contributed by atoms with Crippen molar-refractivity contribution in [3.05, 3.63) is 69.8 Å². The highest BCUT2D eigenvalue weighted by atomic mass is 16.7. The van der Waals surface area contributed by atoms with E-state index in [0.717, 1.165) is 0 Å². The quantitative estimate of drug-likeness (QED) is 0.276. The Morgan fingerprint density at radius 2 is 1.53 bits per heavy atom. The number of ketones is 4. The Kier molecular flexibility index (Phi) is 11.1. The largest absolute Gasteiger partial charge is 0.507 e. The van der Waals surface area contributed by atoms with Gasteiger partial charge in [-0.3, -0.25) is 24.0 Å². The number of carbonyl (C=O) groups excluding carboxylic acids is 4. The van der Waals surface area contributed by atoms with Gasteiger partial charge < -0.3 is 53.2 Å². The fraction of sp³-hybridized carbons (Fsp3) is 0.558. The molecular formula is C43H48O16. The average molecular weight is 821 g/mol. The molecule has 13 atom stereocenters. The highest BCUT2D eigenvalue weighted by Gasteiger charge is 2.51. The predicted octanol–water partition coefficient (Wildman–Crippen LogP) is 4.15. The zero-order valence-electron chi connectivity index (χ0n) is 33.3. The van der Waals surface area contributed by atoms with Crippen molar-refractivity contribution in [1.29, 1.82) is 0 Å². The maximum atomic E-state index is 14.1. The van der Waals surface area contributed by atoms with Gasteiger partial charge in [0.2, 0.25) is 0 Å². The maximum Gasteiger partial charge on any atom is 0.306 e. The van der Waals surface area contributed by atoms with E-state index in [4.69, 9.17) is 37.9 Å². The van der Waals surface area contributed by atoms with E-state index in [0.29, 0.717) is 12.8 Å². The smallest absolute Gasteiger partial charge is 0.306 e. The number of fused-ring (bicyclic) bond motifs is 4. The van der Waals surface area contributed by atoms with Crippen LogP contribution in [-0.2, 0) is 58.7 Å². The van der Waals surface area contributed by atoms with Gasteiger partial charge in [0.25, 0.3) is 0 Å². The molecule has 16 heteroatoms. The van der Waals surface area contributed by atoms with Gasteiger partial charge in [0.15, 0.2) is 42.0 Å². The van der Waals surface area contributed by atoms with Gasteiger partial charge in [0.1, 0.15) is 35.9 Å². The normalized spacial score (nSPS) is 35.3. The summed E-state index contributed by atoms with van der Waals surface area (Å²) in [5, 5.41) is 33.1. The summed E-state index contributed by atoms with van der Waals surface area (Å²) in [5.74, 6) is -3.74. The van der Waals surface area contributed by atoms with E-state index in [1.165, 1.54) is 30.3 Å². The van der Waals surface area contributed by atoms with Gasteiger partial charge in [0, 0.05) is 42.4 Å². The second-order valence-corrected chi connectivity index (χ2v) is 16.5. The molecule has 3 N–H and O–H groups in total. The van der Waals surface area contributed by atoms with Crippen LogP contribution in [0.3, 0.4) is 0 Å². The van der Waals surface area contributed by atoms with Crippen LogP contribution >= 0.6 is 0 Å². The number of aliphatic carboxylic acids is 1. The number of phenolic OH excluding ortho intramolecular Hbond substituents is 2. The molecule has 0 unspecified atom stereocenters. The Labute approximate surface area is 339 Å². The van der Waals surface area contributed by atoms with Crippen LogP contribution in [-0.4, -0.2) is 118 Å². The Hall–Kier alpha value is -4.39. The summed E-state index contributed by atoms with van der Waals surface area (Å²) in [4.78, 5) is 64.4. The predicted molar refractivity (Wildman–Crippen MR) is 201 cm³/mol. The standard InChI is InChI=1S/C43H48O16/c1-18-26(44)10-12-33(53-18)57-28-11-13-34(54-20(28)3)59-43(5,17-32(46)47)16-22-6-7-24-35(37(22)48)39(50)25-9-8-23(38(49)36(25)40(24)51)29-15-30-41(21(4)52-29)58-42-31(56-30)14-27(45)19(2)55-42/h6-10,12,18-21,28-31,33-34,41-42,48-49H,11,13-17H2,1-5H3,(H,46,47)/t18-,19-,20-,21+,28-,29+,30+,31-,33-,34-,41+,42+,43+/m0/s1. The van der Waals surface area contributed by atoms with Crippen LogP contribution in [0.25, 0.3) is 0 Å². The summed E-state index contributed by atoms with van der Waals surface area (Å²) < 4.78 is 48.5. The summed E-state index contributed by atoms with van der Waals surface area (Å²) in [5.41, 5.74) is -1.75. The third-order valence-electron chi connectivity index (χ3n) is 12.1. The molecule has 0 saturated carbocycles. The molecule has 0 bridgehead atoms. The Morgan fingerprint density at radius 1 is 0.814 bits per heavy atom. The van der Waals surface area contributed by atoms with Gasteiger partial charge in [0.05, 0.1) is 53.7 Å². The molecule has 2 aromatic rings. The molecule has 0 spiro atoms. The van der Waals surface area contributed by atoms with E-state index in [-0.39, 0.29) is 64.2 Å². The molecule has 0 amide bonds. The average Bonchev–Trinajstić information content (AvgIpc) is 3.16. The van der Waals surface area contributed by atoms with Gasteiger partial charge in [-0.25, -0.2) is 0 Å². The molecule has 8 rings (SSSR count). The van der Waals surface area contributed by atoms with Gasteiger partial charge >= 0.3 is 5.97 Å². The minimum absolute atomic E-state index is 0.0918. The SMILES string of the molecule is C[C@@H]1O[C@@H](O[C@H]2CC[C@H](O[C@@](C)(CC(=O)O)Cc3ccc4c(c3O)C(=O)c3ccc([C@H]5C[C@H]6O[C@H]7CC(=O)[C@H](C)O[C@@H]7O[C@@H]6[C@@H](C)O5)c(O)c3C4=O)O[C@H]2C)C=CC1=O. The molecule has 6 aliphatic rings. The number of phenols is 2. The molecule has 316 valence electrons. The number of ether oxygens (including phenoxy) is 8. The lowest BCUT2D eigenvalue weighted by atomic mass is 9.79. The van der Waals surface area contributed by atoms with Crippen molar-refractivity contribution in [3.8, 4) is 11.5 Å². The minimum atomic E-state index is -1.43. The van der Waals surface area contributed by atoms with Crippen molar-refractivity contribution in [2.75, 3.05) is 0 Å². The lowest BCUT2D eigenvalue weighted by molar-refractivity contribution is -0.347. The molecule has 2 aromatic carbocycles. The van der Waals surface area contributed by atoms with Gasteiger partial charge in [-0.1, -0.05) is 12.1 Å². The molecule has 0 aromatic heterocycles. The van der Waals surface area contributed by atoms with Gasteiger partial charge in [-0.2, -0.15) is 0 Å². The number of rotatable bonds is 9. The van der Waals surface area contributed by atoms with Crippen LogP contribution in [0.1, 0.15) is 116 Å². The van der Waals surface area contributed by atoms with Crippen LogP contribution in [0.5, 0.6) is 11.5 Å². The van der Waals surface area contributed by atoms with Crippen molar-refractivity contribution in [2.24, 2.45) is 0 Å². The summed E-state index contributed by atoms with van der Waals surface area (Å²) >= 11 is 0. The van der Waals surface area contributed by atoms with Crippen molar-refractivity contribution in [2.45, 2.75) is 153 Å². The summed E-state index contributed by atoms with van der Waals surface area (Å²) in [6, 6.07) is 5.73. The fourth-order valence-electron chi connectivity index (χ4n) is 9.01. The lowest BCUT2D eigenvalue weighted by Crippen LogP contribution is -2.60. The first-order valence-electron chi connectivity index (χ1n) is 20.0. The molecule has 59 heavy (non-hydrogen) atoms. The lowest BCUT2D eigenvalue weighted by Gasteiger charge is -2.49. The maximum absolute atomic E-state index is 14.1. The number of carboxylic acid groups (broad SMARTS) is 1. The molecule has 4 saturated heterocycles. The molecule has 1 aliphatic carbocycles. The number of carboxylic acids is 1. The number of benzene rings is 2. The van der Waals surface area contributed by atoms with Gasteiger partial charge in [-0.05, 0) is 70.9 Å². The number of carbonyl (C=O) groups is 5. The Bertz CT molecular complexity index is 2090. The topological polar surface area (TPSA) is 220 Å². The molecule has 16 nitrogen and oxygen atoms in total. The molecule has 5 heterocycles. The molecule has 5 aliphatic heterocycles.